The summed E-state index contributed by atoms with van der Waals surface area (Å²) in [5.41, 5.74) is 0.599. The van der Waals surface area contributed by atoms with Gasteiger partial charge in [-0.3, -0.25) is 0 Å². The molecule has 0 aliphatic heterocycles. The lowest BCUT2D eigenvalue weighted by molar-refractivity contribution is 0.274. The van der Waals surface area contributed by atoms with Crippen LogP contribution in [0.15, 0.2) is 53.4 Å². The fourth-order valence-corrected chi connectivity index (χ4v) is 5.24. The number of halogens is 2. The summed E-state index contributed by atoms with van der Waals surface area (Å²) in [6, 6.07) is 11.8. The third-order valence-electron chi connectivity index (χ3n) is 4.04. The number of aliphatic hydroxyl groups is 1. The van der Waals surface area contributed by atoms with Crippen LogP contribution in [0.1, 0.15) is 11.5 Å². The fraction of sp³-hybridized carbons (Fsp3) is 0.250. The van der Waals surface area contributed by atoms with Crippen LogP contribution >= 0.6 is 11.6 Å². The molecule has 0 spiro atoms. The Labute approximate surface area is 133 Å². The summed E-state index contributed by atoms with van der Waals surface area (Å²) in [6.07, 6.45) is 0. The third kappa shape index (κ3) is 2.64. The smallest absolute Gasteiger partial charge is 0.182 e. The van der Waals surface area contributed by atoms with Crippen LogP contribution in [0.5, 0.6) is 0 Å². The van der Waals surface area contributed by atoms with E-state index in [4.69, 9.17) is 11.6 Å². The topological polar surface area (TPSA) is 54.4 Å². The lowest BCUT2D eigenvalue weighted by Crippen LogP contribution is -2.11. The maximum absolute atomic E-state index is 13.4. The zero-order valence-electron chi connectivity index (χ0n) is 11.5. The Kier molecular flexibility index (Phi) is 3.97. The van der Waals surface area contributed by atoms with E-state index in [9.17, 15) is 17.9 Å². The quantitative estimate of drug-likeness (QED) is 0.930. The highest BCUT2D eigenvalue weighted by Gasteiger charge is 2.58. The van der Waals surface area contributed by atoms with Crippen LogP contribution < -0.4 is 0 Å². The van der Waals surface area contributed by atoms with Crippen molar-refractivity contribution in [2.75, 3.05) is 6.61 Å². The van der Waals surface area contributed by atoms with Crippen LogP contribution in [-0.2, 0) is 9.84 Å². The Morgan fingerprint density at radius 3 is 2.41 bits per heavy atom. The highest BCUT2D eigenvalue weighted by atomic mass is 35.5. The van der Waals surface area contributed by atoms with Crippen molar-refractivity contribution in [3.05, 3.63) is 64.9 Å². The van der Waals surface area contributed by atoms with E-state index in [2.05, 4.69) is 0 Å². The molecule has 3 nitrogen and oxygen atoms in total. The van der Waals surface area contributed by atoms with E-state index in [1.54, 1.807) is 12.1 Å². The minimum Gasteiger partial charge on any atom is -0.396 e. The van der Waals surface area contributed by atoms with E-state index in [-0.39, 0.29) is 17.4 Å². The molecule has 2 aromatic carbocycles. The number of hydrogen-bond donors (Lipinski definition) is 1. The van der Waals surface area contributed by atoms with Crippen molar-refractivity contribution in [1.82, 2.24) is 0 Å². The van der Waals surface area contributed by atoms with Crippen molar-refractivity contribution in [2.45, 2.75) is 16.1 Å². The summed E-state index contributed by atoms with van der Waals surface area (Å²) in [4.78, 5) is 0.166. The molecule has 1 aliphatic rings. The van der Waals surface area contributed by atoms with E-state index < -0.39 is 26.8 Å². The molecular weight excluding hydrogens is 327 g/mol. The van der Waals surface area contributed by atoms with Crippen LogP contribution in [0.3, 0.4) is 0 Å². The number of aliphatic hydroxyl groups excluding tert-OH is 1. The molecule has 1 fully saturated rings. The number of hydrogen-bond acceptors (Lipinski definition) is 3. The van der Waals surface area contributed by atoms with E-state index in [1.807, 2.05) is 0 Å². The van der Waals surface area contributed by atoms with Gasteiger partial charge >= 0.3 is 0 Å². The summed E-state index contributed by atoms with van der Waals surface area (Å²) in [6.45, 7) is -0.251. The lowest BCUT2D eigenvalue weighted by Gasteiger charge is -2.04. The average molecular weight is 341 g/mol. The second-order valence-electron chi connectivity index (χ2n) is 5.39. The highest BCUT2D eigenvalue weighted by Crippen LogP contribution is 2.53. The average Bonchev–Trinajstić information content (AvgIpc) is 3.23. The van der Waals surface area contributed by atoms with Gasteiger partial charge in [0.05, 0.1) is 10.1 Å². The van der Waals surface area contributed by atoms with E-state index in [0.29, 0.717) is 10.6 Å². The van der Waals surface area contributed by atoms with Gasteiger partial charge in [-0.1, -0.05) is 23.7 Å². The van der Waals surface area contributed by atoms with E-state index in [1.165, 1.54) is 36.4 Å². The molecule has 1 aliphatic carbocycles. The molecule has 0 heterocycles. The minimum absolute atomic E-state index is 0.166. The van der Waals surface area contributed by atoms with Crippen molar-refractivity contribution < 1.29 is 17.9 Å². The van der Waals surface area contributed by atoms with Gasteiger partial charge in [0, 0.05) is 23.5 Å². The Morgan fingerprint density at radius 2 is 1.82 bits per heavy atom. The van der Waals surface area contributed by atoms with Crippen LogP contribution in [-0.4, -0.2) is 25.4 Å². The van der Waals surface area contributed by atoms with Gasteiger partial charge in [0.1, 0.15) is 5.82 Å². The SMILES string of the molecule is O=S(=O)(c1ccc(Cl)cc1)[C@@H]1[C@H](CO)[C@H]1c1cccc(F)c1. The molecule has 0 unspecified atom stereocenters. The minimum atomic E-state index is -3.60. The normalized spacial score (nSPS) is 24.2. The standard InChI is InChI=1S/C16H14ClFO3S/c17-11-4-6-13(7-5-11)22(20,21)16-14(9-19)15(16)10-2-1-3-12(18)8-10/h1-8,14-16,19H,9H2/t14-,15-,16-/m1/s1. The van der Waals surface area contributed by atoms with Gasteiger partial charge in [0.15, 0.2) is 9.84 Å². The maximum Gasteiger partial charge on any atom is 0.182 e. The number of benzene rings is 2. The Bertz CT molecular complexity index is 789. The summed E-state index contributed by atoms with van der Waals surface area (Å²) in [5.74, 6) is -1.22. The first-order valence-corrected chi connectivity index (χ1v) is 8.73. The largest absolute Gasteiger partial charge is 0.396 e. The van der Waals surface area contributed by atoms with Gasteiger partial charge in [-0.15, -0.1) is 0 Å². The van der Waals surface area contributed by atoms with Crippen molar-refractivity contribution in [3.8, 4) is 0 Å². The van der Waals surface area contributed by atoms with Crippen LogP contribution in [0.2, 0.25) is 5.02 Å². The molecule has 0 saturated heterocycles. The molecule has 2 aromatic rings. The second-order valence-corrected chi connectivity index (χ2v) is 7.93. The van der Waals surface area contributed by atoms with Crippen molar-refractivity contribution >= 4 is 21.4 Å². The first kappa shape index (κ1) is 15.5. The maximum atomic E-state index is 13.4. The number of sulfone groups is 1. The van der Waals surface area contributed by atoms with Gasteiger partial charge in [-0.2, -0.15) is 0 Å². The highest BCUT2D eigenvalue weighted by molar-refractivity contribution is 7.92. The first-order chi connectivity index (χ1) is 10.4. The molecule has 116 valence electrons. The molecule has 0 amide bonds. The molecule has 0 aromatic heterocycles. The van der Waals surface area contributed by atoms with Crippen LogP contribution in [0, 0.1) is 11.7 Å². The molecule has 3 rings (SSSR count). The zero-order chi connectivity index (χ0) is 15.9. The van der Waals surface area contributed by atoms with E-state index >= 15 is 0 Å². The van der Waals surface area contributed by atoms with Gasteiger partial charge in [-0.05, 0) is 42.0 Å². The predicted octanol–water partition coefficient (Wildman–Crippen LogP) is 3.03. The Morgan fingerprint density at radius 1 is 1.14 bits per heavy atom. The Balaban J connectivity index is 1.95. The number of rotatable bonds is 4. The molecule has 0 bridgehead atoms. The van der Waals surface area contributed by atoms with Gasteiger partial charge < -0.3 is 5.11 Å². The molecular formula is C16H14ClFO3S. The summed E-state index contributed by atoms with van der Waals surface area (Å²) >= 11 is 5.78. The van der Waals surface area contributed by atoms with Gasteiger partial charge in [0.25, 0.3) is 0 Å². The molecule has 0 radical (unpaired) electrons. The van der Waals surface area contributed by atoms with Crippen molar-refractivity contribution in [3.63, 3.8) is 0 Å². The van der Waals surface area contributed by atoms with Gasteiger partial charge in [-0.25, -0.2) is 12.8 Å². The molecule has 1 saturated carbocycles. The molecule has 6 heteroatoms. The van der Waals surface area contributed by atoms with Crippen molar-refractivity contribution in [1.29, 1.82) is 0 Å². The predicted molar refractivity (Wildman–Crippen MR) is 82.1 cm³/mol. The fourth-order valence-electron chi connectivity index (χ4n) is 2.92. The van der Waals surface area contributed by atoms with Crippen molar-refractivity contribution in [2.24, 2.45) is 5.92 Å². The third-order valence-corrected chi connectivity index (χ3v) is 6.58. The zero-order valence-corrected chi connectivity index (χ0v) is 13.1. The summed E-state index contributed by atoms with van der Waals surface area (Å²) < 4.78 is 38.7. The first-order valence-electron chi connectivity index (χ1n) is 6.81. The Hall–Kier alpha value is -1.43. The second kappa shape index (κ2) is 5.65. The monoisotopic (exact) mass is 340 g/mol. The molecule has 3 atom stereocenters. The van der Waals surface area contributed by atoms with Crippen LogP contribution in [0.25, 0.3) is 0 Å². The van der Waals surface area contributed by atoms with Crippen LogP contribution in [0.4, 0.5) is 4.39 Å². The molecule has 1 N–H and O–H groups in total. The van der Waals surface area contributed by atoms with E-state index in [0.717, 1.165) is 0 Å². The lowest BCUT2D eigenvalue weighted by atomic mass is 10.1. The molecule has 22 heavy (non-hydrogen) atoms. The summed E-state index contributed by atoms with van der Waals surface area (Å²) in [5, 5.41) is 9.17. The summed E-state index contributed by atoms with van der Waals surface area (Å²) in [7, 11) is -3.60. The van der Waals surface area contributed by atoms with Gasteiger partial charge in [0.2, 0.25) is 0 Å².